The molecule has 1 heterocycles. The molecule has 0 atom stereocenters. The van der Waals surface area contributed by atoms with Crippen molar-refractivity contribution >= 4 is 39.0 Å². The van der Waals surface area contributed by atoms with Crippen LogP contribution in [0.4, 0.5) is 11.5 Å². The highest BCUT2D eigenvalue weighted by molar-refractivity contribution is 9.10. The fraction of sp³-hybridized carbons (Fsp3) is 0.0833. The number of aryl methyl sites for hydroxylation is 1. The van der Waals surface area contributed by atoms with Gasteiger partial charge < -0.3 is 5.32 Å². The minimum Gasteiger partial charge on any atom is -0.338 e. The third kappa shape index (κ3) is 2.78. The summed E-state index contributed by atoms with van der Waals surface area (Å²) in [5.41, 5.74) is 2.06. The van der Waals surface area contributed by atoms with Gasteiger partial charge in [-0.3, -0.25) is 0 Å². The van der Waals surface area contributed by atoms with Crippen LogP contribution in [0.15, 0.2) is 29.0 Å². The van der Waals surface area contributed by atoms with Gasteiger partial charge in [-0.15, -0.1) is 0 Å². The lowest BCUT2D eigenvalue weighted by molar-refractivity contribution is 1.16. The minimum atomic E-state index is 0.279. The molecule has 0 spiro atoms. The molecule has 2 aromatic rings. The van der Waals surface area contributed by atoms with Gasteiger partial charge in [-0.2, -0.15) is 5.26 Å². The van der Waals surface area contributed by atoms with Gasteiger partial charge in [-0.25, -0.2) is 9.97 Å². The molecule has 1 N–H and O–H groups in total. The van der Waals surface area contributed by atoms with Crippen LogP contribution in [0.5, 0.6) is 0 Å². The zero-order valence-electron chi connectivity index (χ0n) is 9.41. The number of benzene rings is 1. The van der Waals surface area contributed by atoms with Crippen molar-refractivity contribution in [3.63, 3.8) is 0 Å². The molecule has 0 aliphatic heterocycles. The molecule has 2 rings (SSSR count). The first kappa shape index (κ1) is 12.8. The van der Waals surface area contributed by atoms with Crippen LogP contribution in [0, 0.1) is 18.3 Å². The normalized spacial score (nSPS) is 9.89. The number of aromatic nitrogens is 2. The maximum absolute atomic E-state index is 8.63. The van der Waals surface area contributed by atoms with Crippen LogP contribution < -0.4 is 5.32 Å². The molecule has 0 saturated carbocycles. The fourth-order valence-electron chi connectivity index (χ4n) is 1.33. The second-order valence-corrected chi connectivity index (χ2v) is 4.87. The molecule has 18 heavy (non-hydrogen) atoms. The lowest BCUT2D eigenvalue weighted by atomic mass is 10.2. The van der Waals surface area contributed by atoms with Gasteiger partial charge in [0, 0.05) is 9.50 Å². The molecule has 4 nitrogen and oxygen atoms in total. The highest BCUT2D eigenvalue weighted by Crippen LogP contribution is 2.30. The Morgan fingerprint density at radius 1 is 1.33 bits per heavy atom. The number of hydrogen-bond donors (Lipinski definition) is 1. The first-order valence-corrected chi connectivity index (χ1v) is 6.22. The summed E-state index contributed by atoms with van der Waals surface area (Å²) in [5, 5.41) is 12.4. The van der Waals surface area contributed by atoms with Crippen molar-refractivity contribution in [1.29, 1.82) is 5.26 Å². The molecular formula is C12H8BrClN4. The van der Waals surface area contributed by atoms with Crippen LogP contribution in [-0.2, 0) is 0 Å². The van der Waals surface area contributed by atoms with E-state index in [1.54, 1.807) is 6.07 Å². The van der Waals surface area contributed by atoms with E-state index in [9.17, 15) is 0 Å². The van der Waals surface area contributed by atoms with Crippen LogP contribution in [-0.4, -0.2) is 9.97 Å². The second-order valence-electron chi connectivity index (χ2n) is 3.60. The van der Waals surface area contributed by atoms with Crippen molar-refractivity contribution in [2.45, 2.75) is 6.92 Å². The highest BCUT2D eigenvalue weighted by atomic mass is 79.9. The largest absolute Gasteiger partial charge is 0.338 e. The van der Waals surface area contributed by atoms with Gasteiger partial charge in [0.2, 0.25) is 0 Å². The monoisotopic (exact) mass is 322 g/mol. The average molecular weight is 324 g/mol. The van der Waals surface area contributed by atoms with Crippen LogP contribution in [0.1, 0.15) is 11.3 Å². The molecule has 6 heteroatoms. The molecule has 0 unspecified atom stereocenters. The number of hydrogen-bond acceptors (Lipinski definition) is 4. The SMILES string of the molecule is Cc1cc(Br)c(Nc2cnc(C#N)cn2)cc1Cl. The van der Waals surface area contributed by atoms with Crippen molar-refractivity contribution in [2.75, 3.05) is 5.32 Å². The van der Waals surface area contributed by atoms with E-state index in [1.165, 1.54) is 12.4 Å². The van der Waals surface area contributed by atoms with Gasteiger partial charge in [0.25, 0.3) is 0 Å². The molecule has 0 radical (unpaired) electrons. The summed E-state index contributed by atoms with van der Waals surface area (Å²) in [5.74, 6) is 0.551. The smallest absolute Gasteiger partial charge is 0.158 e. The van der Waals surface area contributed by atoms with Crippen molar-refractivity contribution < 1.29 is 0 Å². The Labute approximate surface area is 118 Å². The van der Waals surface area contributed by atoms with Crippen LogP contribution in [0.25, 0.3) is 0 Å². The molecule has 0 amide bonds. The standard InChI is InChI=1S/C12H8BrClN4/c1-7-2-9(13)11(3-10(7)14)18-12-6-16-8(4-15)5-17-12/h2-3,5-6H,1H3,(H,17,18). The average Bonchev–Trinajstić information content (AvgIpc) is 2.37. The van der Waals surface area contributed by atoms with Gasteiger partial charge in [0.15, 0.2) is 5.69 Å². The lowest BCUT2D eigenvalue weighted by Crippen LogP contribution is -1.97. The molecular weight excluding hydrogens is 316 g/mol. The number of rotatable bonds is 2. The zero-order valence-corrected chi connectivity index (χ0v) is 11.7. The van der Waals surface area contributed by atoms with Gasteiger partial charge >= 0.3 is 0 Å². The Balaban J connectivity index is 2.28. The number of nitriles is 1. The van der Waals surface area contributed by atoms with E-state index in [0.29, 0.717) is 10.8 Å². The topological polar surface area (TPSA) is 61.6 Å². The first-order valence-electron chi connectivity index (χ1n) is 5.05. The van der Waals surface area contributed by atoms with Crippen LogP contribution >= 0.6 is 27.5 Å². The zero-order chi connectivity index (χ0) is 13.1. The first-order chi connectivity index (χ1) is 8.60. The second kappa shape index (κ2) is 5.34. The van der Waals surface area contributed by atoms with Gasteiger partial charge in [-0.05, 0) is 40.5 Å². The summed E-state index contributed by atoms with van der Waals surface area (Å²) in [6.45, 7) is 1.93. The van der Waals surface area contributed by atoms with Gasteiger partial charge in [0.1, 0.15) is 11.9 Å². The third-order valence-corrected chi connectivity index (χ3v) is 3.34. The quantitative estimate of drug-likeness (QED) is 0.912. The fourth-order valence-corrected chi connectivity index (χ4v) is 2.05. The van der Waals surface area contributed by atoms with Crippen molar-refractivity contribution in [3.05, 3.63) is 45.3 Å². The van der Waals surface area contributed by atoms with E-state index in [2.05, 4.69) is 31.2 Å². The Morgan fingerprint density at radius 2 is 2.11 bits per heavy atom. The van der Waals surface area contributed by atoms with Crippen molar-refractivity contribution in [2.24, 2.45) is 0 Å². The molecule has 0 bridgehead atoms. The van der Waals surface area contributed by atoms with Crippen LogP contribution in [0.2, 0.25) is 5.02 Å². The molecule has 1 aromatic heterocycles. The molecule has 90 valence electrons. The van der Waals surface area contributed by atoms with Crippen LogP contribution in [0.3, 0.4) is 0 Å². The van der Waals surface area contributed by atoms with E-state index < -0.39 is 0 Å². The van der Waals surface area contributed by atoms with Crippen molar-refractivity contribution in [1.82, 2.24) is 9.97 Å². The number of nitrogens with one attached hydrogen (secondary N) is 1. The van der Waals surface area contributed by atoms with Gasteiger partial charge in [0.05, 0.1) is 18.1 Å². The highest BCUT2D eigenvalue weighted by Gasteiger charge is 2.05. The summed E-state index contributed by atoms with van der Waals surface area (Å²) < 4.78 is 0.885. The lowest BCUT2D eigenvalue weighted by Gasteiger charge is -2.09. The Morgan fingerprint density at radius 3 is 2.72 bits per heavy atom. The number of nitrogens with zero attached hydrogens (tertiary/aromatic N) is 3. The molecule has 1 aromatic carbocycles. The minimum absolute atomic E-state index is 0.279. The molecule has 0 aliphatic rings. The molecule has 0 aliphatic carbocycles. The summed E-state index contributed by atoms with van der Waals surface area (Å²) in [4.78, 5) is 8.01. The molecule has 0 fully saturated rings. The summed E-state index contributed by atoms with van der Waals surface area (Å²) >= 11 is 9.50. The summed E-state index contributed by atoms with van der Waals surface area (Å²) in [6, 6.07) is 5.64. The van der Waals surface area contributed by atoms with E-state index in [-0.39, 0.29) is 5.69 Å². The third-order valence-electron chi connectivity index (χ3n) is 2.28. The Hall–Kier alpha value is -1.64. The maximum atomic E-state index is 8.63. The summed E-state index contributed by atoms with van der Waals surface area (Å²) in [7, 11) is 0. The predicted octanol–water partition coefficient (Wildman–Crippen LogP) is 3.82. The van der Waals surface area contributed by atoms with E-state index in [0.717, 1.165) is 15.7 Å². The predicted molar refractivity (Wildman–Crippen MR) is 73.9 cm³/mol. The Bertz CT molecular complexity index is 619. The molecule has 0 saturated heterocycles. The maximum Gasteiger partial charge on any atom is 0.158 e. The number of halogens is 2. The van der Waals surface area contributed by atoms with E-state index in [4.69, 9.17) is 16.9 Å². The van der Waals surface area contributed by atoms with E-state index >= 15 is 0 Å². The Kier molecular flexibility index (Phi) is 3.80. The van der Waals surface area contributed by atoms with Crippen molar-refractivity contribution in [3.8, 4) is 6.07 Å². The van der Waals surface area contributed by atoms with Gasteiger partial charge in [-0.1, -0.05) is 11.6 Å². The summed E-state index contributed by atoms with van der Waals surface area (Å²) in [6.07, 6.45) is 2.91. The van der Waals surface area contributed by atoms with E-state index in [1.807, 2.05) is 19.1 Å². The number of anilines is 2.